The van der Waals surface area contributed by atoms with Crippen molar-refractivity contribution >= 4 is 15.8 Å². The minimum atomic E-state index is -4.82. The van der Waals surface area contributed by atoms with Gasteiger partial charge in [0.25, 0.3) is 0 Å². The molecule has 1 aromatic carbocycles. The lowest BCUT2D eigenvalue weighted by atomic mass is 9.91. The van der Waals surface area contributed by atoms with Crippen molar-refractivity contribution in [3.63, 3.8) is 0 Å². The fraction of sp³-hybridized carbons (Fsp3) is 0.412. The van der Waals surface area contributed by atoms with Crippen molar-refractivity contribution in [1.29, 1.82) is 0 Å². The summed E-state index contributed by atoms with van der Waals surface area (Å²) >= 11 is 0. The molecular weight excluding hydrogens is 397 g/mol. The quantitative estimate of drug-likeness (QED) is 0.765. The highest BCUT2D eigenvalue weighted by Gasteiger charge is 2.51. The number of alkyl halides is 3. The predicted molar refractivity (Wildman–Crippen MR) is 93.3 cm³/mol. The van der Waals surface area contributed by atoms with Gasteiger partial charge in [0.1, 0.15) is 17.4 Å². The molecule has 2 atom stereocenters. The van der Waals surface area contributed by atoms with E-state index in [1.807, 2.05) is 4.90 Å². The number of aryl methyl sites for hydroxylation is 1. The molecule has 7 nitrogen and oxygen atoms in total. The highest BCUT2D eigenvalue weighted by molar-refractivity contribution is 7.89. The number of piperazine rings is 1. The van der Waals surface area contributed by atoms with E-state index in [0.717, 1.165) is 36.5 Å². The maximum absolute atomic E-state index is 12.9. The summed E-state index contributed by atoms with van der Waals surface area (Å²) in [6.45, 7) is 2.79. The van der Waals surface area contributed by atoms with E-state index >= 15 is 0 Å². The lowest BCUT2D eigenvalue weighted by Crippen LogP contribution is -2.70. The smallest absolute Gasteiger partial charge is 0.406 e. The second-order valence-electron chi connectivity index (χ2n) is 6.76. The summed E-state index contributed by atoms with van der Waals surface area (Å²) in [5.74, 6) is 0.941. The zero-order valence-electron chi connectivity index (χ0n) is 14.8. The Bertz CT molecular complexity index is 970. The van der Waals surface area contributed by atoms with Crippen molar-refractivity contribution in [2.75, 3.05) is 18.0 Å². The minimum Gasteiger partial charge on any atom is -0.406 e. The Morgan fingerprint density at radius 3 is 2.32 bits per heavy atom. The summed E-state index contributed by atoms with van der Waals surface area (Å²) in [6, 6.07) is 5.66. The number of aromatic nitrogens is 2. The van der Waals surface area contributed by atoms with E-state index in [1.54, 1.807) is 19.2 Å². The Balaban J connectivity index is 1.49. The maximum Gasteiger partial charge on any atom is 0.573 e. The molecule has 3 aliphatic rings. The molecule has 11 heteroatoms. The van der Waals surface area contributed by atoms with Crippen LogP contribution in [-0.4, -0.2) is 54.2 Å². The fourth-order valence-corrected chi connectivity index (χ4v) is 5.52. The molecule has 1 aromatic heterocycles. The number of hydrogen-bond acceptors (Lipinski definition) is 6. The van der Waals surface area contributed by atoms with Crippen LogP contribution in [0.2, 0.25) is 0 Å². The van der Waals surface area contributed by atoms with Gasteiger partial charge >= 0.3 is 6.36 Å². The summed E-state index contributed by atoms with van der Waals surface area (Å²) in [5.41, 5.74) is 0. The largest absolute Gasteiger partial charge is 0.573 e. The Labute approximate surface area is 159 Å². The normalized spacial score (nSPS) is 22.6. The molecule has 4 heterocycles. The topological polar surface area (TPSA) is 75.6 Å². The second kappa shape index (κ2) is 6.59. The van der Waals surface area contributed by atoms with Crippen LogP contribution in [0.25, 0.3) is 0 Å². The van der Waals surface area contributed by atoms with E-state index in [4.69, 9.17) is 0 Å². The number of hydrogen-bond donors (Lipinski definition) is 0. The van der Waals surface area contributed by atoms with Crippen LogP contribution < -0.4 is 9.64 Å². The summed E-state index contributed by atoms with van der Waals surface area (Å²) in [7, 11) is -3.80. The molecule has 2 bridgehead atoms. The van der Waals surface area contributed by atoms with Crippen molar-refractivity contribution in [1.82, 2.24) is 14.3 Å². The van der Waals surface area contributed by atoms with Crippen molar-refractivity contribution in [2.45, 2.75) is 36.7 Å². The second-order valence-corrected chi connectivity index (χ2v) is 8.61. The van der Waals surface area contributed by atoms with E-state index in [9.17, 15) is 21.6 Å². The first-order valence-corrected chi connectivity index (χ1v) is 10.0. The maximum atomic E-state index is 12.9. The molecule has 0 amide bonds. The number of ether oxygens (including phenoxy) is 1. The minimum absolute atomic E-state index is 0.0527. The number of fused-ring (bicyclic) bond motifs is 2. The van der Waals surface area contributed by atoms with Crippen LogP contribution in [0.1, 0.15) is 12.2 Å². The third-order valence-electron chi connectivity index (χ3n) is 4.84. The number of rotatable bonds is 4. The highest BCUT2D eigenvalue weighted by atomic mass is 32.2. The van der Waals surface area contributed by atoms with E-state index in [0.29, 0.717) is 18.9 Å². The Morgan fingerprint density at radius 1 is 1.11 bits per heavy atom. The number of anilines is 1. The third-order valence-corrected chi connectivity index (χ3v) is 6.86. The van der Waals surface area contributed by atoms with Gasteiger partial charge in [0.15, 0.2) is 0 Å². The number of piperidine rings is 1. The average Bonchev–Trinajstić information content (AvgIpc) is 2.60. The first-order chi connectivity index (χ1) is 13.1. The first-order valence-electron chi connectivity index (χ1n) is 8.57. The molecule has 0 radical (unpaired) electrons. The zero-order chi connectivity index (χ0) is 20.1. The highest BCUT2D eigenvalue weighted by Crippen LogP contribution is 2.39. The molecule has 3 saturated heterocycles. The van der Waals surface area contributed by atoms with Gasteiger partial charge in [-0.05, 0) is 43.7 Å². The van der Waals surface area contributed by atoms with Gasteiger partial charge < -0.3 is 9.64 Å². The molecule has 28 heavy (non-hydrogen) atoms. The van der Waals surface area contributed by atoms with Gasteiger partial charge in [-0.1, -0.05) is 0 Å². The molecule has 5 rings (SSSR count). The Kier molecular flexibility index (Phi) is 4.46. The Morgan fingerprint density at radius 2 is 1.75 bits per heavy atom. The van der Waals surface area contributed by atoms with Gasteiger partial charge in [-0.2, -0.15) is 4.31 Å². The van der Waals surface area contributed by atoms with E-state index in [1.165, 1.54) is 4.31 Å². The molecule has 0 saturated carbocycles. The number of nitrogens with zero attached hydrogens (tertiary/aromatic N) is 4. The standard InChI is InChI=1S/C17H17F3N4O3S/c1-11-21-7-6-16(22-11)23-9-12-8-13(10-23)24(12)28(25,26)15-4-2-14(3-5-15)27-17(18,19)20/h2-7,12-13H,8-10H2,1H3. The number of halogens is 3. The lowest BCUT2D eigenvalue weighted by molar-refractivity contribution is -0.274. The van der Waals surface area contributed by atoms with Gasteiger partial charge in [0.2, 0.25) is 10.0 Å². The third kappa shape index (κ3) is 3.51. The van der Waals surface area contributed by atoms with E-state index in [-0.39, 0.29) is 17.0 Å². The molecule has 150 valence electrons. The monoisotopic (exact) mass is 414 g/mol. The fourth-order valence-electron chi connectivity index (χ4n) is 3.71. The molecular formula is C17H17F3N4O3S. The van der Waals surface area contributed by atoms with E-state index in [2.05, 4.69) is 14.7 Å². The van der Waals surface area contributed by atoms with Crippen LogP contribution in [0.15, 0.2) is 41.4 Å². The molecule has 2 aromatic rings. The first kappa shape index (κ1) is 18.9. The van der Waals surface area contributed by atoms with Gasteiger partial charge in [-0.15, -0.1) is 13.2 Å². The van der Waals surface area contributed by atoms with Gasteiger partial charge in [0.05, 0.1) is 4.90 Å². The van der Waals surface area contributed by atoms with Crippen LogP contribution in [0.4, 0.5) is 19.0 Å². The molecule has 0 aliphatic carbocycles. The van der Waals surface area contributed by atoms with Crippen molar-refractivity contribution in [3.05, 3.63) is 42.4 Å². The van der Waals surface area contributed by atoms with Crippen LogP contribution in [0, 0.1) is 6.92 Å². The summed E-state index contributed by atoms with van der Waals surface area (Å²) in [5, 5.41) is 0. The van der Waals surface area contributed by atoms with Gasteiger partial charge in [0, 0.05) is 31.4 Å². The lowest BCUT2D eigenvalue weighted by Gasteiger charge is -2.55. The van der Waals surface area contributed by atoms with Crippen molar-refractivity contribution < 1.29 is 26.3 Å². The average molecular weight is 414 g/mol. The summed E-state index contributed by atoms with van der Waals surface area (Å²) in [4.78, 5) is 10.4. The molecule has 2 unspecified atom stereocenters. The SMILES string of the molecule is Cc1nccc(N2CC3CC(C2)N3S(=O)(=O)c2ccc(OC(F)(F)F)cc2)n1. The van der Waals surface area contributed by atoms with Gasteiger partial charge in [-0.3, -0.25) is 0 Å². The molecule has 3 fully saturated rings. The molecule has 3 aliphatic heterocycles. The summed E-state index contributed by atoms with van der Waals surface area (Å²) in [6.07, 6.45) is -2.41. The van der Waals surface area contributed by atoms with Gasteiger partial charge in [-0.25, -0.2) is 18.4 Å². The molecule has 0 spiro atoms. The van der Waals surface area contributed by atoms with Crippen molar-refractivity contribution in [2.24, 2.45) is 0 Å². The summed E-state index contributed by atoms with van der Waals surface area (Å²) < 4.78 is 67.9. The van der Waals surface area contributed by atoms with E-state index < -0.39 is 22.1 Å². The number of sulfonamides is 1. The van der Waals surface area contributed by atoms with Crippen LogP contribution in [-0.2, 0) is 10.0 Å². The van der Waals surface area contributed by atoms with Crippen LogP contribution in [0.3, 0.4) is 0 Å². The predicted octanol–water partition coefficient (Wildman–Crippen LogP) is 2.34. The molecule has 0 N–H and O–H groups in total. The van der Waals surface area contributed by atoms with Crippen LogP contribution in [0.5, 0.6) is 5.75 Å². The zero-order valence-corrected chi connectivity index (χ0v) is 15.6. The van der Waals surface area contributed by atoms with Crippen molar-refractivity contribution in [3.8, 4) is 5.75 Å². The number of benzene rings is 1. The van der Waals surface area contributed by atoms with Crippen LogP contribution >= 0.6 is 0 Å². The Hall–Kier alpha value is -2.40.